The van der Waals surface area contributed by atoms with Gasteiger partial charge in [0.15, 0.2) is 5.11 Å². The number of aromatic nitrogens is 1. The molecule has 0 spiro atoms. The lowest BCUT2D eigenvalue weighted by atomic mass is 10.0. The van der Waals surface area contributed by atoms with E-state index in [0.717, 1.165) is 18.7 Å². The molecule has 3 aromatic rings. The zero-order chi connectivity index (χ0) is 20.4. The van der Waals surface area contributed by atoms with Gasteiger partial charge in [0.05, 0.1) is 22.2 Å². The number of nitro benzene ring substituents is 1. The molecule has 0 radical (unpaired) electrons. The van der Waals surface area contributed by atoms with Crippen molar-refractivity contribution in [2.75, 3.05) is 6.54 Å². The van der Waals surface area contributed by atoms with Crippen molar-refractivity contribution in [3.63, 3.8) is 0 Å². The number of nitrogens with zero attached hydrogens (tertiary/aromatic N) is 3. The molecule has 7 nitrogen and oxygen atoms in total. The van der Waals surface area contributed by atoms with Crippen LogP contribution in [-0.4, -0.2) is 26.5 Å². The molecule has 4 rings (SSSR count). The quantitative estimate of drug-likeness (QED) is 0.361. The highest BCUT2D eigenvalue weighted by molar-refractivity contribution is 7.80. The van der Waals surface area contributed by atoms with E-state index in [1.54, 1.807) is 30.5 Å². The molecule has 1 saturated heterocycles. The Hall–Kier alpha value is -3.26. The topological polar surface area (TPSA) is 84.4 Å². The summed E-state index contributed by atoms with van der Waals surface area (Å²) in [5.74, 6) is 1.15. The van der Waals surface area contributed by atoms with E-state index < -0.39 is 4.92 Å². The SMILES string of the molecule is CCCN1C(=S)N[C@@H](c2ccccn2)[C@@H]1c1ccc(-c2ccccc2[N+](=O)[O-])o1. The average Bonchev–Trinajstić information content (AvgIpc) is 3.34. The van der Waals surface area contributed by atoms with E-state index in [-0.39, 0.29) is 17.8 Å². The van der Waals surface area contributed by atoms with Crippen molar-refractivity contribution in [2.45, 2.75) is 25.4 Å². The standard InChI is InChI=1S/C21H20N4O3S/c1-2-13-24-20(19(23-21(24)29)15-8-5-6-12-22-15)18-11-10-17(28-18)14-7-3-4-9-16(14)25(26)27/h3-12,19-20H,2,13H2,1H3,(H,23,29)/t19-,20-/m0/s1. The molecule has 2 aromatic heterocycles. The Morgan fingerprint density at radius 3 is 2.72 bits per heavy atom. The average molecular weight is 408 g/mol. The van der Waals surface area contributed by atoms with E-state index in [4.69, 9.17) is 16.6 Å². The Balaban J connectivity index is 1.75. The van der Waals surface area contributed by atoms with Crippen LogP contribution in [0.15, 0.2) is 65.2 Å². The molecule has 1 aromatic carbocycles. The first-order valence-corrected chi connectivity index (χ1v) is 9.82. The Bertz CT molecular complexity index is 1040. The highest BCUT2D eigenvalue weighted by atomic mass is 32.1. The Labute approximate surface area is 173 Å². The van der Waals surface area contributed by atoms with Crippen LogP contribution in [0.3, 0.4) is 0 Å². The minimum atomic E-state index is -0.399. The van der Waals surface area contributed by atoms with Crippen molar-refractivity contribution in [3.05, 3.63) is 82.4 Å². The first-order valence-electron chi connectivity index (χ1n) is 9.41. The van der Waals surface area contributed by atoms with Gasteiger partial charge in [0.1, 0.15) is 17.6 Å². The number of pyridine rings is 1. The molecule has 3 heterocycles. The zero-order valence-electron chi connectivity index (χ0n) is 15.8. The molecule has 0 amide bonds. The van der Waals surface area contributed by atoms with E-state index in [0.29, 0.717) is 22.2 Å². The molecule has 8 heteroatoms. The summed E-state index contributed by atoms with van der Waals surface area (Å²) in [6, 6.07) is 15.6. The zero-order valence-corrected chi connectivity index (χ0v) is 16.6. The van der Waals surface area contributed by atoms with Crippen molar-refractivity contribution in [2.24, 2.45) is 0 Å². The number of para-hydroxylation sites is 1. The molecule has 1 aliphatic heterocycles. The Morgan fingerprint density at radius 2 is 2.00 bits per heavy atom. The van der Waals surface area contributed by atoms with Crippen LogP contribution in [0.2, 0.25) is 0 Å². The van der Waals surface area contributed by atoms with Crippen LogP contribution in [0.4, 0.5) is 5.69 Å². The molecule has 29 heavy (non-hydrogen) atoms. The molecule has 148 valence electrons. The van der Waals surface area contributed by atoms with Crippen molar-refractivity contribution in [3.8, 4) is 11.3 Å². The van der Waals surface area contributed by atoms with Gasteiger partial charge in [-0.15, -0.1) is 0 Å². The number of rotatable bonds is 6. The normalized spacial score (nSPS) is 18.7. The molecule has 1 aliphatic rings. The first-order chi connectivity index (χ1) is 14.1. The predicted octanol–water partition coefficient (Wildman–Crippen LogP) is 4.63. The van der Waals surface area contributed by atoms with Gasteiger partial charge in [0, 0.05) is 18.8 Å². The maximum atomic E-state index is 11.4. The fraction of sp³-hybridized carbons (Fsp3) is 0.238. The lowest BCUT2D eigenvalue weighted by Gasteiger charge is -2.25. The molecule has 0 bridgehead atoms. The van der Waals surface area contributed by atoms with Crippen molar-refractivity contribution in [1.29, 1.82) is 0 Å². The summed E-state index contributed by atoms with van der Waals surface area (Å²) in [5.41, 5.74) is 1.33. The fourth-order valence-electron chi connectivity index (χ4n) is 3.69. The van der Waals surface area contributed by atoms with Crippen molar-refractivity contribution < 1.29 is 9.34 Å². The maximum Gasteiger partial charge on any atom is 0.280 e. The minimum Gasteiger partial charge on any atom is -0.459 e. The van der Waals surface area contributed by atoms with Crippen LogP contribution < -0.4 is 5.32 Å². The number of hydrogen-bond acceptors (Lipinski definition) is 5. The predicted molar refractivity (Wildman–Crippen MR) is 113 cm³/mol. The van der Waals surface area contributed by atoms with Gasteiger partial charge in [0.2, 0.25) is 0 Å². The van der Waals surface area contributed by atoms with Crippen LogP contribution in [0, 0.1) is 10.1 Å². The van der Waals surface area contributed by atoms with Crippen molar-refractivity contribution in [1.82, 2.24) is 15.2 Å². The van der Waals surface area contributed by atoms with E-state index >= 15 is 0 Å². The number of nitro groups is 1. The largest absolute Gasteiger partial charge is 0.459 e. The molecule has 0 aliphatic carbocycles. The van der Waals surface area contributed by atoms with Gasteiger partial charge in [-0.05, 0) is 49.0 Å². The third-order valence-corrected chi connectivity index (χ3v) is 5.30. The molecular formula is C21H20N4O3S. The second-order valence-corrected chi connectivity index (χ2v) is 7.18. The number of benzene rings is 1. The summed E-state index contributed by atoms with van der Waals surface area (Å²) in [6.07, 6.45) is 2.67. The summed E-state index contributed by atoms with van der Waals surface area (Å²) in [7, 11) is 0. The second-order valence-electron chi connectivity index (χ2n) is 6.80. The van der Waals surface area contributed by atoms with Crippen molar-refractivity contribution >= 4 is 23.0 Å². The number of hydrogen-bond donors (Lipinski definition) is 1. The summed E-state index contributed by atoms with van der Waals surface area (Å²) >= 11 is 5.57. The van der Waals surface area contributed by atoms with E-state index in [1.807, 2.05) is 24.3 Å². The van der Waals surface area contributed by atoms with Gasteiger partial charge in [0.25, 0.3) is 5.69 Å². The lowest BCUT2D eigenvalue weighted by Crippen LogP contribution is -2.30. The number of furan rings is 1. The van der Waals surface area contributed by atoms with Gasteiger partial charge < -0.3 is 14.6 Å². The second kappa shape index (κ2) is 8.00. The minimum absolute atomic E-state index is 0.0140. The summed E-state index contributed by atoms with van der Waals surface area (Å²) in [6.45, 7) is 2.86. The first kappa shape index (κ1) is 19.1. The smallest absolute Gasteiger partial charge is 0.280 e. The summed E-state index contributed by atoms with van der Waals surface area (Å²) in [5, 5.41) is 15.4. The summed E-state index contributed by atoms with van der Waals surface area (Å²) < 4.78 is 6.15. The third kappa shape index (κ3) is 3.58. The fourth-order valence-corrected chi connectivity index (χ4v) is 4.03. The molecule has 1 fully saturated rings. The highest BCUT2D eigenvalue weighted by Gasteiger charge is 2.41. The van der Waals surface area contributed by atoms with E-state index in [1.165, 1.54) is 6.07 Å². The maximum absolute atomic E-state index is 11.4. The third-order valence-electron chi connectivity index (χ3n) is 4.95. The molecule has 2 atom stereocenters. The van der Waals surface area contributed by atoms with Gasteiger partial charge >= 0.3 is 0 Å². The van der Waals surface area contributed by atoms with Crippen LogP contribution in [0.1, 0.15) is 36.9 Å². The van der Waals surface area contributed by atoms with Crippen LogP contribution in [-0.2, 0) is 0 Å². The Morgan fingerprint density at radius 1 is 1.21 bits per heavy atom. The van der Waals surface area contributed by atoms with Crippen LogP contribution in [0.5, 0.6) is 0 Å². The van der Waals surface area contributed by atoms with Gasteiger partial charge in [-0.1, -0.05) is 25.1 Å². The lowest BCUT2D eigenvalue weighted by molar-refractivity contribution is -0.384. The van der Waals surface area contributed by atoms with Gasteiger partial charge in [-0.2, -0.15) is 0 Å². The molecule has 0 unspecified atom stereocenters. The van der Waals surface area contributed by atoms with Gasteiger partial charge in [-0.25, -0.2) is 0 Å². The molecule has 1 N–H and O–H groups in total. The van der Waals surface area contributed by atoms with Crippen LogP contribution >= 0.6 is 12.2 Å². The Kier molecular flexibility index (Phi) is 5.26. The monoisotopic (exact) mass is 408 g/mol. The number of nitrogens with one attached hydrogen (secondary N) is 1. The molecular weight excluding hydrogens is 388 g/mol. The van der Waals surface area contributed by atoms with Gasteiger partial charge in [-0.3, -0.25) is 15.1 Å². The summed E-state index contributed by atoms with van der Waals surface area (Å²) in [4.78, 5) is 17.6. The highest BCUT2D eigenvalue weighted by Crippen LogP contribution is 2.41. The number of thiocarbonyl (C=S) groups is 1. The van der Waals surface area contributed by atoms with E-state index in [9.17, 15) is 10.1 Å². The molecule has 0 saturated carbocycles. The van der Waals surface area contributed by atoms with Crippen LogP contribution in [0.25, 0.3) is 11.3 Å². The van der Waals surface area contributed by atoms with E-state index in [2.05, 4.69) is 22.1 Å².